The van der Waals surface area contributed by atoms with Crippen molar-refractivity contribution in [1.29, 1.82) is 0 Å². The third-order valence-corrected chi connectivity index (χ3v) is 6.33. The van der Waals surface area contributed by atoms with Crippen LogP contribution in [0.1, 0.15) is 11.1 Å². The molecule has 2 heterocycles. The number of halogens is 4. The van der Waals surface area contributed by atoms with Crippen molar-refractivity contribution in [3.8, 4) is 11.3 Å². The second-order valence-corrected chi connectivity index (χ2v) is 8.64. The molecule has 1 N–H and O–H groups in total. The molecule has 2 aromatic heterocycles. The molecule has 176 valence electrons. The molecule has 0 aliphatic heterocycles. The Hall–Kier alpha value is -3.85. The summed E-state index contributed by atoms with van der Waals surface area (Å²) in [5.41, 5.74) is 2.55. The van der Waals surface area contributed by atoms with Gasteiger partial charge in [-0.15, -0.1) is 0 Å². The van der Waals surface area contributed by atoms with Gasteiger partial charge in [-0.25, -0.2) is 9.37 Å². The number of fused-ring (bicyclic) bond motifs is 1. The van der Waals surface area contributed by atoms with Crippen molar-refractivity contribution in [2.24, 2.45) is 0 Å². The van der Waals surface area contributed by atoms with Crippen molar-refractivity contribution in [3.63, 3.8) is 0 Å². The Bertz CT molecular complexity index is 1480. The van der Waals surface area contributed by atoms with Gasteiger partial charge >= 0.3 is 6.18 Å². The summed E-state index contributed by atoms with van der Waals surface area (Å²) in [5.74, 6) is 0.0914. The van der Waals surface area contributed by atoms with Gasteiger partial charge in [0.1, 0.15) is 11.5 Å². The van der Waals surface area contributed by atoms with Crippen molar-refractivity contribution in [2.75, 3.05) is 4.72 Å². The number of nitrogens with zero attached hydrogens (tertiary/aromatic N) is 3. The lowest BCUT2D eigenvalue weighted by Crippen LogP contribution is -2.07. The molecule has 4 nitrogen and oxygen atoms in total. The molecule has 0 bridgehead atoms. The van der Waals surface area contributed by atoms with Crippen LogP contribution in [0, 0.1) is 5.82 Å². The van der Waals surface area contributed by atoms with Crippen molar-refractivity contribution in [2.45, 2.75) is 17.6 Å². The predicted molar refractivity (Wildman–Crippen MR) is 129 cm³/mol. The molecule has 0 unspecified atom stereocenters. The van der Waals surface area contributed by atoms with Crippen LogP contribution in [0.5, 0.6) is 0 Å². The summed E-state index contributed by atoms with van der Waals surface area (Å²) >= 11 is 0.841. The Kier molecular flexibility index (Phi) is 6.17. The third kappa shape index (κ3) is 5.00. The summed E-state index contributed by atoms with van der Waals surface area (Å²) in [5, 5.41) is 0.835. The van der Waals surface area contributed by atoms with Crippen LogP contribution in [-0.2, 0) is 12.7 Å². The van der Waals surface area contributed by atoms with Gasteiger partial charge in [0.15, 0.2) is 5.82 Å². The van der Waals surface area contributed by atoms with Gasteiger partial charge in [-0.2, -0.15) is 13.2 Å². The molecule has 0 amide bonds. The maximum Gasteiger partial charge on any atom is 0.417 e. The quantitative estimate of drug-likeness (QED) is 0.197. The van der Waals surface area contributed by atoms with Crippen LogP contribution in [0.3, 0.4) is 0 Å². The van der Waals surface area contributed by atoms with E-state index in [1.54, 1.807) is 12.1 Å². The second kappa shape index (κ2) is 9.42. The zero-order chi connectivity index (χ0) is 24.4. The van der Waals surface area contributed by atoms with E-state index in [0.717, 1.165) is 40.0 Å². The number of hydrogen-bond acceptors (Lipinski definition) is 4. The number of rotatable bonds is 6. The molecule has 0 radical (unpaired) electrons. The SMILES string of the molecule is Fc1ccc2c(ccn2Cc2ccc(-c3nccnc3NSc3ccccc3C(F)(F)F)cc2)c1. The summed E-state index contributed by atoms with van der Waals surface area (Å²) in [6.45, 7) is 0.602. The zero-order valence-corrected chi connectivity index (χ0v) is 18.9. The van der Waals surface area contributed by atoms with E-state index in [0.29, 0.717) is 18.1 Å². The minimum absolute atomic E-state index is 0.0470. The fourth-order valence-electron chi connectivity index (χ4n) is 3.79. The maximum absolute atomic E-state index is 13.5. The van der Waals surface area contributed by atoms with E-state index in [1.807, 2.05) is 41.1 Å². The average Bonchev–Trinajstić information content (AvgIpc) is 3.24. The standard InChI is InChI=1S/C26H18F4N4S/c27-20-9-10-22-19(15-20)11-14-34(22)16-17-5-7-18(8-6-17)24-25(32-13-12-31-24)33-35-23-4-2-1-3-21(23)26(28,29)30/h1-15H,16H2,(H,32,33). The van der Waals surface area contributed by atoms with E-state index in [1.165, 1.54) is 36.7 Å². The van der Waals surface area contributed by atoms with Gasteiger partial charge in [0, 0.05) is 46.5 Å². The monoisotopic (exact) mass is 494 g/mol. The lowest BCUT2D eigenvalue weighted by Gasteiger charge is -2.14. The van der Waals surface area contributed by atoms with Crippen LogP contribution >= 0.6 is 11.9 Å². The number of nitrogens with one attached hydrogen (secondary N) is 1. The fourth-order valence-corrected chi connectivity index (χ4v) is 4.59. The summed E-state index contributed by atoms with van der Waals surface area (Å²) in [7, 11) is 0. The Morgan fingerprint density at radius 1 is 0.886 bits per heavy atom. The molecule has 3 aromatic carbocycles. The Balaban J connectivity index is 1.35. The number of benzene rings is 3. The number of alkyl halides is 3. The topological polar surface area (TPSA) is 42.7 Å². The lowest BCUT2D eigenvalue weighted by molar-refractivity contribution is -0.139. The fraction of sp³-hybridized carbons (Fsp3) is 0.0769. The van der Waals surface area contributed by atoms with E-state index in [-0.39, 0.29) is 10.7 Å². The van der Waals surface area contributed by atoms with Crippen LogP contribution in [0.15, 0.2) is 96.3 Å². The first-order chi connectivity index (χ1) is 16.9. The molecule has 0 saturated carbocycles. The van der Waals surface area contributed by atoms with Crippen molar-refractivity contribution in [1.82, 2.24) is 14.5 Å². The second-order valence-electron chi connectivity index (χ2n) is 7.80. The minimum atomic E-state index is -4.45. The van der Waals surface area contributed by atoms with Gasteiger partial charge in [-0.05, 0) is 53.9 Å². The van der Waals surface area contributed by atoms with Crippen LogP contribution in [-0.4, -0.2) is 14.5 Å². The molecule has 5 aromatic rings. The normalized spacial score (nSPS) is 11.7. The molecule has 0 fully saturated rings. The van der Waals surface area contributed by atoms with Crippen molar-refractivity contribution >= 4 is 28.7 Å². The maximum atomic E-state index is 13.5. The minimum Gasteiger partial charge on any atom is -0.343 e. The van der Waals surface area contributed by atoms with E-state index in [4.69, 9.17) is 0 Å². The highest BCUT2D eigenvalue weighted by atomic mass is 32.2. The Morgan fingerprint density at radius 2 is 1.66 bits per heavy atom. The molecule has 9 heteroatoms. The average molecular weight is 495 g/mol. The van der Waals surface area contributed by atoms with E-state index >= 15 is 0 Å². The summed E-state index contributed by atoms with van der Waals surface area (Å²) < 4.78 is 58.3. The molecule has 0 atom stereocenters. The summed E-state index contributed by atoms with van der Waals surface area (Å²) in [6, 6.07) is 19.6. The van der Waals surface area contributed by atoms with Gasteiger partial charge in [-0.3, -0.25) is 4.98 Å². The summed E-state index contributed by atoms with van der Waals surface area (Å²) in [6.07, 6.45) is 0.481. The van der Waals surface area contributed by atoms with E-state index in [2.05, 4.69) is 14.7 Å². The number of hydrogen-bond donors (Lipinski definition) is 1. The van der Waals surface area contributed by atoms with Gasteiger partial charge in [-0.1, -0.05) is 36.4 Å². The number of aromatic nitrogens is 3. The van der Waals surface area contributed by atoms with Crippen LogP contribution < -0.4 is 4.72 Å². The third-order valence-electron chi connectivity index (χ3n) is 5.46. The van der Waals surface area contributed by atoms with Crippen LogP contribution in [0.25, 0.3) is 22.2 Å². The Labute approximate surface area is 202 Å². The highest BCUT2D eigenvalue weighted by molar-refractivity contribution is 8.00. The van der Waals surface area contributed by atoms with Gasteiger partial charge in [0.05, 0.1) is 5.56 Å². The summed E-state index contributed by atoms with van der Waals surface area (Å²) in [4.78, 5) is 8.71. The predicted octanol–water partition coefficient (Wildman–Crippen LogP) is 7.42. The smallest absolute Gasteiger partial charge is 0.343 e. The van der Waals surface area contributed by atoms with Crippen LogP contribution in [0.4, 0.5) is 23.4 Å². The van der Waals surface area contributed by atoms with Crippen molar-refractivity contribution < 1.29 is 17.6 Å². The van der Waals surface area contributed by atoms with Crippen LogP contribution in [0.2, 0.25) is 0 Å². The first-order valence-corrected chi connectivity index (χ1v) is 11.4. The molecule has 0 aliphatic rings. The molecule has 0 aliphatic carbocycles. The van der Waals surface area contributed by atoms with Gasteiger partial charge < -0.3 is 9.29 Å². The number of anilines is 1. The van der Waals surface area contributed by atoms with Gasteiger partial charge in [0.2, 0.25) is 0 Å². The van der Waals surface area contributed by atoms with Crippen molar-refractivity contribution in [3.05, 3.63) is 108 Å². The first kappa shape index (κ1) is 22.9. The Morgan fingerprint density at radius 3 is 2.46 bits per heavy atom. The van der Waals surface area contributed by atoms with E-state index in [9.17, 15) is 17.6 Å². The molecule has 5 rings (SSSR count). The zero-order valence-electron chi connectivity index (χ0n) is 18.1. The molecule has 0 saturated heterocycles. The largest absolute Gasteiger partial charge is 0.417 e. The molecular weight excluding hydrogens is 476 g/mol. The van der Waals surface area contributed by atoms with Gasteiger partial charge in [0.25, 0.3) is 0 Å². The highest BCUT2D eigenvalue weighted by Crippen LogP contribution is 2.37. The van der Waals surface area contributed by atoms with E-state index < -0.39 is 11.7 Å². The lowest BCUT2D eigenvalue weighted by atomic mass is 10.1. The molecule has 0 spiro atoms. The first-order valence-electron chi connectivity index (χ1n) is 10.6. The molecule has 35 heavy (non-hydrogen) atoms. The highest BCUT2D eigenvalue weighted by Gasteiger charge is 2.33. The molecular formula is C26H18F4N4S.